The maximum atomic E-state index is 11.5. The molecule has 0 saturated heterocycles. The average molecular weight is 244 g/mol. The highest BCUT2D eigenvalue weighted by Gasteiger charge is 2.16. The number of aromatic carboxylic acids is 1. The molecule has 18 heavy (non-hydrogen) atoms. The summed E-state index contributed by atoms with van der Waals surface area (Å²) < 4.78 is 0. The topological polar surface area (TPSA) is 83.0 Å². The van der Waals surface area contributed by atoms with E-state index in [1.54, 1.807) is 12.1 Å². The minimum absolute atomic E-state index is 0.283. The van der Waals surface area contributed by atoms with Gasteiger partial charge in [0.2, 0.25) is 0 Å². The number of nitrogens with zero attached hydrogens (tertiary/aromatic N) is 1. The molecule has 0 aliphatic rings. The summed E-state index contributed by atoms with van der Waals surface area (Å²) in [5.41, 5.74) is 1.17. The molecule has 0 atom stereocenters. The minimum Gasteiger partial charge on any atom is -0.477 e. The zero-order valence-electron chi connectivity index (χ0n) is 9.80. The fourth-order valence-electron chi connectivity index (χ4n) is 1.75. The third-order valence-corrected chi connectivity index (χ3v) is 2.74. The molecule has 1 aromatic carbocycles. The van der Waals surface area contributed by atoms with E-state index in [4.69, 9.17) is 5.11 Å². The molecule has 2 aromatic rings. The van der Waals surface area contributed by atoms with E-state index in [1.807, 2.05) is 19.1 Å². The second-order valence-corrected chi connectivity index (χ2v) is 3.84. The lowest BCUT2D eigenvalue weighted by molar-refractivity contribution is 0.0695. The van der Waals surface area contributed by atoms with Gasteiger partial charge in [0.05, 0.1) is 6.20 Å². The van der Waals surface area contributed by atoms with Gasteiger partial charge in [0, 0.05) is 5.56 Å². The third kappa shape index (κ3) is 2.15. The lowest BCUT2D eigenvalue weighted by atomic mass is 10.0. The van der Waals surface area contributed by atoms with Crippen molar-refractivity contribution in [1.82, 2.24) is 10.2 Å². The van der Waals surface area contributed by atoms with Crippen LogP contribution in [0.2, 0.25) is 0 Å². The summed E-state index contributed by atoms with van der Waals surface area (Å²) in [5, 5.41) is 14.8. The first-order valence-corrected chi connectivity index (χ1v) is 5.53. The van der Waals surface area contributed by atoms with Crippen molar-refractivity contribution < 1.29 is 9.90 Å². The Hall–Kier alpha value is -2.43. The van der Waals surface area contributed by atoms with Crippen LogP contribution in [0.5, 0.6) is 0 Å². The van der Waals surface area contributed by atoms with Crippen LogP contribution in [-0.4, -0.2) is 21.3 Å². The zero-order valence-corrected chi connectivity index (χ0v) is 9.80. The van der Waals surface area contributed by atoms with Crippen LogP contribution in [0.4, 0.5) is 0 Å². The number of carbonyl (C=O) groups is 1. The molecule has 0 unspecified atom stereocenters. The van der Waals surface area contributed by atoms with Crippen molar-refractivity contribution in [2.75, 3.05) is 0 Å². The molecule has 5 nitrogen and oxygen atoms in total. The Kier molecular flexibility index (Phi) is 3.23. The van der Waals surface area contributed by atoms with Gasteiger partial charge in [-0.05, 0) is 17.5 Å². The summed E-state index contributed by atoms with van der Waals surface area (Å²) in [6.45, 7) is 2.03. The van der Waals surface area contributed by atoms with E-state index < -0.39 is 11.5 Å². The average Bonchev–Trinajstić information content (AvgIpc) is 2.38. The molecule has 0 fully saturated rings. The van der Waals surface area contributed by atoms with Crippen LogP contribution in [0.25, 0.3) is 11.1 Å². The van der Waals surface area contributed by atoms with E-state index in [9.17, 15) is 9.59 Å². The maximum Gasteiger partial charge on any atom is 0.342 e. The van der Waals surface area contributed by atoms with E-state index in [2.05, 4.69) is 10.2 Å². The highest BCUT2D eigenvalue weighted by molar-refractivity contribution is 5.95. The van der Waals surface area contributed by atoms with Crippen molar-refractivity contribution in [3.05, 3.63) is 51.9 Å². The van der Waals surface area contributed by atoms with E-state index in [0.717, 1.165) is 12.0 Å². The van der Waals surface area contributed by atoms with Crippen LogP contribution in [0.3, 0.4) is 0 Å². The Morgan fingerprint density at radius 1 is 1.33 bits per heavy atom. The summed E-state index contributed by atoms with van der Waals surface area (Å²) in [4.78, 5) is 22.6. The number of nitrogens with one attached hydrogen (secondary N) is 1. The van der Waals surface area contributed by atoms with Crippen LogP contribution < -0.4 is 5.56 Å². The van der Waals surface area contributed by atoms with Crippen molar-refractivity contribution in [2.45, 2.75) is 13.3 Å². The number of carboxylic acid groups (broad SMARTS) is 1. The Balaban J connectivity index is 2.59. The molecule has 2 N–H and O–H groups in total. The Bertz CT molecular complexity index is 629. The SMILES string of the molecule is CCc1ccc(-c2cn[nH]c(=O)c2C(=O)O)cc1. The van der Waals surface area contributed by atoms with Gasteiger partial charge in [-0.25, -0.2) is 9.89 Å². The second-order valence-electron chi connectivity index (χ2n) is 3.84. The van der Waals surface area contributed by atoms with Gasteiger partial charge in [-0.2, -0.15) is 5.10 Å². The van der Waals surface area contributed by atoms with E-state index in [1.165, 1.54) is 6.20 Å². The van der Waals surface area contributed by atoms with Crippen LogP contribution in [0.1, 0.15) is 22.8 Å². The molecule has 0 radical (unpaired) electrons. The molecule has 0 amide bonds. The number of benzene rings is 1. The van der Waals surface area contributed by atoms with Gasteiger partial charge in [0.1, 0.15) is 5.56 Å². The quantitative estimate of drug-likeness (QED) is 0.860. The molecule has 0 bridgehead atoms. The van der Waals surface area contributed by atoms with Gasteiger partial charge in [0.25, 0.3) is 5.56 Å². The first kappa shape index (κ1) is 12.0. The molecule has 0 aliphatic carbocycles. The fourth-order valence-corrected chi connectivity index (χ4v) is 1.75. The predicted octanol–water partition coefficient (Wildman–Crippen LogP) is 1.70. The van der Waals surface area contributed by atoms with Gasteiger partial charge >= 0.3 is 5.97 Å². The van der Waals surface area contributed by atoms with Crippen molar-refractivity contribution in [3.63, 3.8) is 0 Å². The number of hydrogen-bond donors (Lipinski definition) is 2. The van der Waals surface area contributed by atoms with E-state index in [0.29, 0.717) is 11.1 Å². The third-order valence-electron chi connectivity index (χ3n) is 2.74. The Morgan fingerprint density at radius 3 is 2.56 bits per heavy atom. The Labute approximate surface area is 103 Å². The number of hydrogen-bond acceptors (Lipinski definition) is 3. The zero-order chi connectivity index (χ0) is 13.1. The Morgan fingerprint density at radius 2 is 2.00 bits per heavy atom. The van der Waals surface area contributed by atoms with E-state index >= 15 is 0 Å². The highest BCUT2D eigenvalue weighted by atomic mass is 16.4. The van der Waals surface area contributed by atoms with Crippen molar-refractivity contribution in [3.8, 4) is 11.1 Å². The van der Waals surface area contributed by atoms with Crippen molar-refractivity contribution >= 4 is 5.97 Å². The number of aromatic nitrogens is 2. The fraction of sp³-hybridized carbons (Fsp3) is 0.154. The molecule has 5 heteroatoms. The van der Waals surface area contributed by atoms with Crippen LogP contribution in [0, 0.1) is 0 Å². The largest absolute Gasteiger partial charge is 0.477 e. The molecular weight excluding hydrogens is 232 g/mol. The maximum absolute atomic E-state index is 11.5. The number of rotatable bonds is 3. The predicted molar refractivity (Wildman–Crippen MR) is 66.6 cm³/mol. The monoisotopic (exact) mass is 244 g/mol. The van der Waals surface area contributed by atoms with E-state index in [-0.39, 0.29) is 5.56 Å². The van der Waals surface area contributed by atoms with Crippen molar-refractivity contribution in [2.24, 2.45) is 0 Å². The minimum atomic E-state index is -1.26. The van der Waals surface area contributed by atoms with Crippen LogP contribution >= 0.6 is 0 Å². The molecule has 2 rings (SSSR count). The van der Waals surface area contributed by atoms with Crippen molar-refractivity contribution in [1.29, 1.82) is 0 Å². The number of carboxylic acids is 1. The molecule has 1 heterocycles. The van der Waals surface area contributed by atoms with Gasteiger partial charge in [-0.1, -0.05) is 31.2 Å². The molecule has 1 aromatic heterocycles. The van der Waals surface area contributed by atoms with Gasteiger partial charge in [-0.15, -0.1) is 0 Å². The molecular formula is C13H12N2O3. The normalized spacial score (nSPS) is 10.3. The van der Waals surface area contributed by atoms with Crippen LogP contribution in [0.15, 0.2) is 35.3 Å². The molecule has 0 spiro atoms. The smallest absolute Gasteiger partial charge is 0.342 e. The summed E-state index contributed by atoms with van der Waals surface area (Å²) in [6.07, 6.45) is 2.26. The molecule has 0 saturated carbocycles. The van der Waals surface area contributed by atoms with Crippen LogP contribution in [-0.2, 0) is 6.42 Å². The number of aryl methyl sites for hydroxylation is 1. The first-order chi connectivity index (χ1) is 8.63. The highest BCUT2D eigenvalue weighted by Crippen LogP contribution is 2.21. The summed E-state index contributed by atoms with van der Waals surface area (Å²) in [5.74, 6) is -1.26. The first-order valence-electron chi connectivity index (χ1n) is 5.53. The number of H-pyrrole nitrogens is 1. The summed E-state index contributed by atoms with van der Waals surface area (Å²) >= 11 is 0. The molecule has 0 aliphatic heterocycles. The lowest BCUT2D eigenvalue weighted by Gasteiger charge is -2.05. The summed E-state index contributed by atoms with van der Waals surface area (Å²) in [6, 6.07) is 7.40. The lowest BCUT2D eigenvalue weighted by Crippen LogP contribution is -2.19. The summed E-state index contributed by atoms with van der Waals surface area (Å²) in [7, 11) is 0. The second kappa shape index (κ2) is 4.83. The molecule has 92 valence electrons. The standard InChI is InChI=1S/C13H12N2O3/c1-2-8-3-5-9(6-4-8)10-7-14-15-12(16)11(10)13(17)18/h3-7H,2H2,1H3,(H,15,16)(H,17,18). The van der Waals surface area contributed by atoms with Gasteiger partial charge < -0.3 is 5.11 Å². The number of aromatic amines is 1. The van der Waals surface area contributed by atoms with Gasteiger partial charge in [0.15, 0.2) is 0 Å². The van der Waals surface area contributed by atoms with Gasteiger partial charge in [-0.3, -0.25) is 4.79 Å².